The number of fused-ring (bicyclic) bond motifs is 3. The minimum absolute atomic E-state index is 0. The molecule has 0 atom stereocenters. The quantitative estimate of drug-likeness (QED) is 0.112. The summed E-state index contributed by atoms with van der Waals surface area (Å²) in [5.41, 5.74) is 6.19. The fourth-order valence-corrected chi connectivity index (χ4v) is 5.22. The van der Waals surface area contributed by atoms with Crippen molar-refractivity contribution >= 4 is 62.2 Å². The zero-order chi connectivity index (χ0) is 27.0. The lowest BCUT2D eigenvalue weighted by Crippen LogP contribution is -2.03. The molecule has 2 heterocycles. The highest BCUT2D eigenvalue weighted by Crippen LogP contribution is 2.36. The number of hydrogen-bond donors (Lipinski definition) is 2. The Morgan fingerprint density at radius 3 is 1.93 bits per heavy atom. The monoisotopic (exact) mass is 580 g/mol. The molecular formula is C35H37ClN4O2. The fourth-order valence-electron chi connectivity index (χ4n) is 5.22. The van der Waals surface area contributed by atoms with Gasteiger partial charge in [-0.2, -0.15) is 0 Å². The predicted octanol–water partition coefficient (Wildman–Crippen LogP) is 8.72. The molecule has 2 aromatic heterocycles. The van der Waals surface area contributed by atoms with Crippen molar-refractivity contribution in [2.24, 2.45) is 0 Å². The Morgan fingerprint density at radius 1 is 0.571 bits per heavy atom. The lowest BCUT2D eigenvalue weighted by atomic mass is 10.1. The second-order valence-corrected chi connectivity index (χ2v) is 10.1. The van der Waals surface area contributed by atoms with Crippen LogP contribution in [0.3, 0.4) is 0 Å². The van der Waals surface area contributed by atoms with Gasteiger partial charge in [-0.3, -0.25) is 4.98 Å². The summed E-state index contributed by atoms with van der Waals surface area (Å²) in [6, 6.07) is 35.1. The third kappa shape index (κ3) is 7.08. The Morgan fingerprint density at radius 2 is 1.17 bits per heavy atom. The van der Waals surface area contributed by atoms with Crippen molar-refractivity contribution in [1.29, 1.82) is 0 Å². The number of ether oxygens (including phenoxy) is 1. The van der Waals surface area contributed by atoms with Crippen LogP contribution in [-0.4, -0.2) is 28.6 Å². The van der Waals surface area contributed by atoms with Gasteiger partial charge in [-0.15, -0.1) is 12.4 Å². The van der Waals surface area contributed by atoms with E-state index in [9.17, 15) is 0 Å². The normalized spacial score (nSPS) is 10.7. The van der Waals surface area contributed by atoms with E-state index in [1.807, 2.05) is 42.6 Å². The molecule has 216 valence electrons. The Hall–Kier alpha value is -4.39. The van der Waals surface area contributed by atoms with E-state index in [1.54, 1.807) is 0 Å². The third-order valence-electron chi connectivity index (χ3n) is 7.28. The smallest absolute Gasteiger partial charge is 0.142 e. The van der Waals surface area contributed by atoms with Gasteiger partial charge in [0.25, 0.3) is 0 Å². The lowest BCUT2D eigenvalue weighted by molar-refractivity contribution is 0.306. The maximum absolute atomic E-state index is 6.26. The van der Waals surface area contributed by atoms with Crippen LogP contribution < -0.4 is 15.4 Å². The number of nitrogens with one attached hydrogen (secondary N) is 2. The summed E-state index contributed by atoms with van der Waals surface area (Å²) in [5.74, 6) is 0.876. The molecule has 6 nitrogen and oxygen atoms in total. The van der Waals surface area contributed by atoms with E-state index in [4.69, 9.17) is 9.72 Å². The van der Waals surface area contributed by atoms with E-state index in [1.165, 1.54) is 23.9 Å². The molecule has 4 N–H and O–H groups in total. The molecule has 0 spiro atoms. The number of benzene rings is 4. The molecule has 0 aliphatic rings. The molecule has 0 bridgehead atoms. The summed E-state index contributed by atoms with van der Waals surface area (Å²) < 4.78 is 6.26. The minimum Gasteiger partial charge on any atom is -0.491 e. The summed E-state index contributed by atoms with van der Waals surface area (Å²) >= 11 is 0. The topological polar surface area (TPSA) is 90.6 Å². The molecular weight excluding hydrogens is 544 g/mol. The van der Waals surface area contributed by atoms with Gasteiger partial charge < -0.3 is 20.8 Å². The van der Waals surface area contributed by atoms with Crippen LogP contribution in [0.1, 0.15) is 32.1 Å². The number of hydrogen-bond acceptors (Lipinski definition) is 5. The van der Waals surface area contributed by atoms with Gasteiger partial charge in [0.05, 0.1) is 34.5 Å². The van der Waals surface area contributed by atoms with Crippen LogP contribution in [0.25, 0.3) is 32.7 Å². The van der Waals surface area contributed by atoms with Crippen LogP contribution in [0.2, 0.25) is 0 Å². The third-order valence-corrected chi connectivity index (χ3v) is 7.28. The first-order chi connectivity index (χ1) is 19.9. The standard InChI is InChI=1S/C35H34N4O.ClH.H2O/c1(2-12-23-36-30-22-24-37-29-17-7-4-14-26(29)30)3-13-25-40-34-21-11-10-20-33(34)39-35-27-15-5-8-18-31(27)38-32-19-9-6-16-28(32)35;;/h4-11,14-22,24H,1-3,12-13,23,25H2,(H,36,37)(H,38,39);1H;1H2. The Balaban J connectivity index is 0.00000202. The Bertz CT molecular complexity index is 1680. The van der Waals surface area contributed by atoms with Crippen LogP contribution in [0.5, 0.6) is 5.75 Å². The van der Waals surface area contributed by atoms with Crippen molar-refractivity contribution in [3.63, 3.8) is 0 Å². The number of nitrogens with zero attached hydrogens (tertiary/aromatic N) is 2. The largest absolute Gasteiger partial charge is 0.491 e. The number of halogens is 1. The summed E-state index contributed by atoms with van der Waals surface area (Å²) in [5, 5.41) is 10.6. The van der Waals surface area contributed by atoms with Crippen molar-refractivity contribution in [3.8, 4) is 5.75 Å². The van der Waals surface area contributed by atoms with Crippen molar-refractivity contribution in [2.45, 2.75) is 32.1 Å². The van der Waals surface area contributed by atoms with Crippen molar-refractivity contribution in [3.05, 3.63) is 109 Å². The molecule has 0 aliphatic carbocycles. The van der Waals surface area contributed by atoms with E-state index >= 15 is 0 Å². The van der Waals surface area contributed by atoms with Crippen molar-refractivity contribution in [1.82, 2.24) is 9.97 Å². The maximum Gasteiger partial charge on any atom is 0.142 e. The fraction of sp³-hybridized carbons (Fsp3) is 0.200. The molecule has 4 aromatic carbocycles. The van der Waals surface area contributed by atoms with Gasteiger partial charge in [-0.25, -0.2) is 4.98 Å². The highest BCUT2D eigenvalue weighted by molar-refractivity contribution is 6.08. The van der Waals surface area contributed by atoms with Crippen molar-refractivity contribution < 1.29 is 10.2 Å². The number of anilines is 3. The average Bonchev–Trinajstić information content (AvgIpc) is 3.01. The van der Waals surface area contributed by atoms with E-state index in [-0.39, 0.29) is 17.9 Å². The van der Waals surface area contributed by atoms with Gasteiger partial charge >= 0.3 is 0 Å². The first-order valence-corrected chi connectivity index (χ1v) is 14.2. The second-order valence-electron chi connectivity index (χ2n) is 10.1. The van der Waals surface area contributed by atoms with Crippen LogP contribution in [0, 0.1) is 0 Å². The molecule has 0 fully saturated rings. The molecule has 6 rings (SSSR count). The van der Waals surface area contributed by atoms with Crippen LogP contribution in [0.15, 0.2) is 109 Å². The predicted molar refractivity (Wildman–Crippen MR) is 179 cm³/mol. The molecule has 0 saturated heterocycles. The number of unbranched alkanes of at least 4 members (excludes halogenated alkanes) is 4. The van der Waals surface area contributed by atoms with Crippen LogP contribution >= 0.6 is 12.4 Å². The van der Waals surface area contributed by atoms with Gasteiger partial charge in [0, 0.05) is 34.6 Å². The van der Waals surface area contributed by atoms with Gasteiger partial charge in [-0.1, -0.05) is 86.0 Å². The van der Waals surface area contributed by atoms with E-state index in [0.717, 1.165) is 70.3 Å². The average molecular weight is 581 g/mol. The molecule has 0 saturated carbocycles. The first kappa shape index (κ1) is 30.6. The number of para-hydroxylation sites is 5. The van der Waals surface area contributed by atoms with E-state index in [2.05, 4.69) is 82.3 Å². The second kappa shape index (κ2) is 15.0. The minimum atomic E-state index is 0. The maximum atomic E-state index is 6.26. The summed E-state index contributed by atoms with van der Waals surface area (Å²) in [6.45, 7) is 1.68. The summed E-state index contributed by atoms with van der Waals surface area (Å²) in [6.07, 6.45) is 7.64. The number of rotatable bonds is 12. The van der Waals surface area contributed by atoms with Gasteiger partial charge in [0.15, 0.2) is 0 Å². The Labute approximate surface area is 252 Å². The lowest BCUT2D eigenvalue weighted by Gasteiger charge is -2.16. The highest BCUT2D eigenvalue weighted by Gasteiger charge is 2.11. The summed E-state index contributed by atoms with van der Waals surface area (Å²) in [4.78, 5) is 9.29. The summed E-state index contributed by atoms with van der Waals surface area (Å²) in [7, 11) is 0. The highest BCUT2D eigenvalue weighted by atomic mass is 35.5. The number of pyridine rings is 2. The SMILES string of the molecule is Cl.O.c1ccc(OCCCCCCCNc2ccnc3ccccc23)c(Nc2c3ccccc3nc3ccccc23)c1. The number of aromatic nitrogens is 2. The molecule has 42 heavy (non-hydrogen) atoms. The van der Waals surface area contributed by atoms with Crippen LogP contribution in [0.4, 0.5) is 17.1 Å². The van der Waals surface area contributed by atoms with Gasteiger partial charge in [0.2, 0.25) is 0 Å². The van der Waals surface area contributed by atoms with Crippen LogP contribution in [-0.2, 0) is 0 Å². The molecule has 7 heteroatoms. The zero-order valence-electron chi connectivity index (χ0n) is 23.6. The van der Waals surface area contributed by atoms with Crippen molar-refractivity contribution in [2.75, 3.05) is 23.8 Å². The van der Waals surface area contributed by atoms with Gasteiger partial charge in [-0.05, 0) is 49.2 Å². The zero-order valence-corrected chi connectivity index (χ0v) is 24.4. The Kier molecular flexibility index (Phi) is 10.9. The molecule has 0 unspecified atom stereocenters. The van der Waals surface area contributed by atoms with E-state index < -0.39 is 0 Å². The van der Waals surface area contributed by atoms with Gasteiger partial charge in [0.1, 0.15) is 5.75 Å². The molecule has 0 radical (unpaired) electrons. The molecule has 0 amide bonds. The molecule has 6 aromatic rings. The van der Waals surface area contributed by atoms with E-state index in [0.29, 0.717) is 6.61 Å². The molecule has 0 aliphatic heterocycles. The first-order valence-electron chi connectivity index (χ1n) is 14.2.